The van der Waals surface area contributed by atoms with Crippen LogP contribution in [-0.2, 0) is 0 Å². The Morgan fingerprint density at radius 1 is 1.50 bits per heavy atom. The number of nitrogens with zero attached hydrogens (tertiary/aromatic N) is 2. The molecule has 0 saturated heterocycles. The minimum atomic E-state index is -0.212. The highest BCUT2D eigenvalue weighted by Crippen LogP contribution is 2.23. The lowest BCUT2D eigenvalue weighted by Gasteiger charge is -2.07. The fourth-order valence-corrected chi connectivity index (χ4v) is 2.30. The number of alkyl halides is 1. The van der Waals surface area contributed by atoms with Gasteiger partial charge in [0.2, 0.25) is 5.91 Å². The van der Waals surface area contributed by atoms with Crippen LogP contribution < -0.4 is 0 Å². The van der Waals surface area contributed by atoms with Gasteiger partial charge in [0.05, 0.1) is 15.9 Å². The number of carbonyl (C=O) groups excluding carboxylic acids is 1. The van der Waals surface area contributed by atoms with E-state index >= 15 is 0 Å². The van der Waals surface area contributed by atoms with E-state index in [0.29, 0.717) is 0 Å². The van der Waals surface area contributed by atoms with Crippen LogP contribution >= 0.6 is 27.7 Å². The van der Waals surface area contributed by atoms with E-state index in [1.165, 1.54) is 11.8 Å². The lowest BCUT2D eigenvalue weighted by atomic mass is 10.3. The highest BCUT2D eigenvalue weighted by atomic mass is 79.9. The molecule has 1 heterocycles. The van der Waals surface area contributed by atoms with E-state index in [4.69, 9.17) is 0 Å². The minimum absolute atomic E-state index is 0.0121. The summed E-state index contributed by atoms with van der Waals surface area (Å²) in [5.74, 6) is 0.0121. The van der Waals surface area contributed by atoms with Crippen molar-refractivity contribution in [1.82, 2.24) is 9.55 Å². The van der Waals surface area contributed by atoms with E-state index in [-0.39, 0.29) is 10.7 Å². The molecule has 2 rings (SSSR count). The fraction of sp³-hybridized carbons (Fsp3) is 0.273. The van der Waals surface area contributed by atoms with E-state index in [1.807, 2.05) is 37.4 Å². The third-order valence-corrected chi connectivity index (χ3v) is 3.30. The Kier molecular flexibility index (Phi) is 3.35. The Bertz CT molecular complexity index is 536. The van der Waals surface area contributed by atoms with Crippen LogP contribution in [0.4, 0.5) is 0 Å². The van der Waals surface area contributed by atoms with Crippen molar-refractivity contribution in [2.75, 3.05) is 6.26 Å². The van der Waals surface area contributed by atoms with Crippen molar-refractivity contribution in [1.29, 1.82) is 0 Å². The van der Waals surface area contributed by atoms with Crippen molar-refractivity contribution in [2.24, 2.45) is 0 Å². The highest BCUT2D eigenvalue weighted by molar-refractivity contribution is 9.10. The number of para-hydroxylation sites is 2. The molecule has 1 atom stereocenters. The first-order chi connectivity index (χ1) is 7.65. The molecule has 0 radical (unpaired) electrons. The lowest BCUT2D eigenvalue weighted by Crippen LogP contribution is -2.19. The molecule has 0 amide bonds. The molecule has 0 aliphatic heterocycles. The van der Waals surface area contributed by atoms with E-state index in [9.17, 15) is 4.79 Å². The third kappa shape index (κ3) is 1.89. The third-order valence-electron chi connectivity index (χ3n) is 2.27. The maximum atomic E-state index is 12.1. The zero-order valence-corrected chi connectivity index (χ0v) is 11.4. The van der Waals surface area contributed by atoms with Crippen molar-refractivity contribution >= 4 is 44.6 Å². The van der Waals surface area contributed by atoms with Crippen molar-refractivity contribution in [2.45, 2.75) is 16.9 Å². The van der Waals surface area contributed by atoms with Crippen LogP contribution in [-0.4, -0.2) is 26.5 Å². The van der Waals surface area contributed by atoms with Gasteiger partial charge in [-0.05, 0) is 25.3 Å². The molecule has 0 N–H and O–H groups in total. The molecule has 0 spiro atoms. The second kappa shape index (κ2) is 4.59. The number of thioether (sulfide) groups is 1. The molecular weight excluding hydrogens is 288 g/mol. The molecule has 0 bridgehead atoms. The second-order valence-electron chi connectivity index (χ2n) is 3.38. The van der Waals surface area contributed by atoms with Crippen molar-refractivity contribution in [3.05, 3.63) is 24.3 Å². The Labute approximate surface area is 106 Å². The van der Waals surface area contributed by atoms with Crippen molar-refractivity contribution in [3.8, 4) is 0 Å². The van der Waals surface area contributed by atoms with E-state index in [2.05, 4.69) is 20.9 Å². The number of imidazole rings is 1. The Morgan fingerprint density at radius 2 is 2.19 bits per heavy atom. The molecule has 1 aromatic heterocycles. The molecule has 0 aliphatic rings. The molecule has 84 valence electrons. The van der Waals surface area contributed by atoms with E-state index in [1.54, 1.807) is 4.57 Å². The molecule has 5 heteroatoms. The zero-order chi connectivity index (χ0) is 11.7. The van der Waals surface area contributed by atoms with Gasteiger partial charge in [0, 0.05) is 0 Å². The van der Waals surface area contributed by atoms with Crippen LogP contribution in [0.15, 0.2) is 29.4 Å². The average molecular weight is 299 g/mol. The quantitative estimate of drug-likeness (QED) is 0.631. The van der Waals surface area contributed by atoms with Gasteiger partial charge in [0.25, 0.3) is 0 Å². The Balaban J connectivity index is 2.69. The number of fused-ring (bicyclic) bond motifs is 1. The van der Waals surface area contributed by atoms with Crippen LogP contribution in [0.2, 0.25) is 0 Å². The van der Waals surface area contributed by atoms with Gasteiger partial charge in [-0.2, -0.15) is 0 Å². The molecule has 0 saturated carbocycles. The van der Waals surface area contributed by atoms with Gasteiger partial charge >= 0.3 is 0 Å². The normalized spacial score (nSPS) is 12.9. The number of halogens is 1. The average Bonchev–Trinajstić information content (AvgIpc) is 2.66. The molecule has 1 aromatic carbocycles. The molecule has 3 nitrogen and oxygen atoms in total. The number of benzene rings is 1. The van der Waals surface area contributed by atoms with Gasteiger partial charge < -0.3 is 0 Å². The number of carbonyl (C=O) groups is 1. The summed E-state index contributed by atoms with van der Waals surface area (Å²) >= 11 is 4.78. The molecule has 0 fully saturated rings. The maximum Gasteiger partial charge on any atom is 0.246 e. The summed E-state index contributed by atoms with van der Waals surface area (Å²) in [7, 11) is 0. The van der Waals surface area contributed by atoms with E-state index < -0.39 is 0 Å². The first kappa shape index (κ1) is 11.7. The predicted molar refractivity (Wildman–Crippen MR) is 70.5 cm³/mol. The monoisotopic (exact) mass is 298 g/mol. The predicted octanol–water partition coefficient (Wildman–Crippen LogP) is 3.18. The van der Waals surface area contributed by atoms with Gasteiger partial charge in [-0.15, -0.1) is 0 Å². The van der Waals surface area contributed by atoms with Gasteiger partial charge in [0.1, 0.15) is 0 Å². The van der Waals surface area contributed by atoms with Crippen molar-refractivity contribution in [3.63, 3.8) is 0 Å². The minimum Gasteiger partial charge on any atom is -0.273 e. The summed E-state index contributed by atoms with van der Waals surface area (Å²) in [6, 6.07) is 7.66. The maximum absolute atomic E-state index is 12.1. The number of aromatic nitrogens is 2. The summed E-state index contributed by atoms with van der Waals surface area (Å²) in [6.45, 7) is 1.82. The Hall–Kier alpha value is -0.810. The summed E-state index contributed by atoms with van der Waals surface area (Å²) in [4.78, 5) is 16.3. The smallest absolute Gasteiger partial charge is 0.246 e. The summed E-state index contributed by atoms with van der Waals surface area (Å²) in [5.41, 5.74) is 1.72. The molecule has 0 unspecified atom stereocenters. The number of hydrogen-bond donors (Lipinski definition) is 0. The number of hydrogen-bond acceptors (Lipinski definition) is 3. The molecule has 2 aromatic rings. The molecule has 0 aliphatic carbocycles. The highest BCUT2D eigenvalue weighted by Gasteiger charge is 2.19. The molecule has 16 heavy (non-hydrogen) atoms. The van der Waals surface area contributed by atoms with Crippen molar-refractivity contribution < 1.29 is 4.79 Å². The SMILES string of the molecule is CSc1nc2ccccc2n1C(=O)[C@H](C)Br. The standard InChI is InChI=1S/C11H11BrN2OS/c1-7(12)10(15)14-9-6-4-3-5-8(9)13-11(14)16-2/h3-7H,1-2H3/t7-/m0/s1. The molecular formula is C11H11BrN2OS. The van der Waals surface area contributed by atoms with Gasteiger partial charge in [-0.3, -0.25) is 9.36 Å². The van der Waals surface area contributed by atoms with Gasteiger partial charge in [0.15, 0.2) is 5.16 Å². The first-order valence-corrected chi connectivity index (χ1v) is 6.99. The lowest BCUT2D eigenvalue weighted by molar-refractivity contribution is 0.0912. The van der Waals surface area contributed by atoms with Crippen LogP contribution in [0.5, 0.6) is 0 Å². The zero-order valence-electron chi connectivity index (χ0n) is 8.98. The van der Waals surface area contributed by atoms with Crippen LogP contribution in [0, 0.1) is 0 Å². The summed E-state index contributed by atoms with van der Waals surface area (Å²) in [5, 5.41) is 0.734. The topological polar surface area (TPSA) is 34.9 Å². The fourth-order valence-electron chi connectivity index (χ4n) is 1.53. The summed E-state index contributed by atoms with van der Waals surface area (Å²) in [6.07, 6.45) is 1.92. The first-order valence-electron chi connectivity index (χ1n) is 4.85. The van der Waals surface area contributed by atoms with Gasteiger partial charge in [-0.25, -0.2) is 4.98 Å². The number of rotatable bonds is 2. The Morgan fingerprint density at radius 3 is 2.81 bits per heavy atom. The van der Waals surface area contributed by atoms with E-state index in [0.717, 1.165) is 16.2 Å². The largest absolute Gasteiger partial charge is 0.273 e. The van der Waals surface area contributed by atoms with Crippen LogP contribution in [0.3, 0.4) is 0 Å². The van der Waals surface area contributed by atoms with Gasteiger partial charge in [-0.1, -0.05) is 39.8 Å². The van der Waals surface area contributed by atoms with Crippen LogP contribution in [0.25, 0.3) is 11.0 Å². The van der Waals surface area contributed by atoms with Crippen LogP contribution in [0.1, 0.15) is 11.7 Å². The summed E-state index contributed by atoms with van der Waals surface area (Å²) < 4.78 is 1.67. The second-order valence-corrected chi connectivity index (χ2v) is 5.52.